The maximum atomic E-state index is 12.1. The summed E-state index contributed by atoms with van der Waals surface area (Å²) in [6.07, 6.45) is 2.54. The van der Waals surface area contributed by atoms with Crippen molar-refractivity contribution < 1.29 is 9.53 Å². The number of hydrazone groups is 1. The summed E-state index contributed by atoms with van der Waals surface area (Å²) in [5, 5.41) is 4.04. The van der Waals surface area contributed by atoms with Crippen LogP contribution in [-0.2, 0) is 4.79 Å². The molecule has 0 aromatic heterocycles. The Hall–Kier alpha value is -2.62. The van der Waals surface area contributed by atoms with E-state index in [0.717, 1.165) is 17.7 Å². The van der Waals surface area contributed by atoms with Crippen molar-refractivity contribution in [2.45, 2.75) is 19.3 Å². The molecule has 118 valence electrons. The fraction of sp³-hybridized carbons (Fsp3) is 0.263. The molecule has 4 heteroatoms. The van der Waals surface area contributed by atoms with E-state index in [2.05, 4.69) is 22.7 Å². The molecule has 1 fully saturated rings. The molecule has 0 spiro atoms. The van der Waals surface area contributed by atoms with Gasteiger partial charge in [0.2, 0.25) is 5.91 Å². The van der Waals surface area contributed by atoms with Gasteiger partial charge in [0.25, 0.3) is 0 Å². The third-order valence-corrected chi connectivity index (χ3v) is 3.93. The molecule has 2 aromatic rings. The maximum absolute atomic E-state index is 12.1. The van der Waals surface area contributed by atoms with Crippen LogP contribution in [0.25, 0.3) is 0 Å². The minimum absolute atomic E-state index is 0.0129. The second kappa shape index (κ2) is 7.09. The highest BCUT2D eigenvalue weighted by Crippen LogP contribution is 2.47. The normalized spacial score (nSPS) is 19.5. The van der Waals surface area contributed by atoms with Crippen molar-refractivity contribution in [2.24, 2.45) is 11.0 Å². The van der Waals surface area contributed by atoms with E-state index < -0.39 is 0 Å². The topological polar surface area (TPSA) is 50.7 Å². The molecule has 2 aromatic carbocycles. The Morgan fingerprint density at radius 2 is 1.96 bits per heavy atom. The zero-order chi connectivity index (χ0) is 16.1. The molecule has 2 unspecified atom stereocenters. The predicted molar refractivity (Wildman–Crippen MR) is 90.6 cm³/mol. The standard InChI is InChI=1S/C19H20N2O2/c1-2-23-16-10-8-14(9-11-16)13-20-21-19(22)18-12-17(18)15-6-4-3-5-7-15/h3-11,13,17-18H,2,12H2,1H3,(H,21,22)/b20-13+. The summed E-state index contributed by atoms with van der Waals surface area (Å²) in [6.45, 7) is 2.60. The summed E-state index contributed by atoms with van der Waals surface area (Å²) in [5.74, 6) is 1.19. The van der Waals surface area contributed by atoms with Crippen LogP contribution in [0.15, 0.2) is 59.7 Å². The van der Waals surface area contributed by atoms with Crippen molar-refractivity contribution in [3.8, 4) is 5.75 Å². The van der Waals surface area contributed by atoms with Crippen molar-refractivity contribution in [2.75, 3.05) is 6.61 Å². The number of rotatable bonds is 6. The van der Waals surface area contributed by atoms with Crippen molar-refractivity contribution in [1.82, 2.24) is 5.43 Å². The van der Waals surface area contributed by atoms with Gasteiger partial charge in [-0.3, -0.25) is 4.79 Å². The van der Waals surface area contributed by atoms with Gasteiger partial charge in [-0.2, -0.15) is 5.10 Å². The van der Waals surface area contributed by atoms with Gasteiger partial charge in [-0.25, -0.2) is 5.43 Å². The zero-order valence-electron chi connectivity index (χ0n) is 13.1. The zero-order valence-corrected chi connectivity index (χ0v) is 13.1. The molecule has 0 heterocycles. The van der Waals surface area contributed by atoms with Crippen LogP contribution in [0.2, 0.25) is 0 Å². The van der Waals surface area contributed by atoms with E-state index in [-0.39, 0.29) is 11.8 Å². The van der Waals surface area contributed by atoms with E-state index in [4.69, 9.17) is 4.74 Å². The molecule has 23 heavy (non-hydrogen) atoms. The first-order valence-corrected chi connectivity index (χ1v) is 7.88. The lowest BCUT2D eigenvalue weighted by atomic mass is 10.1. The van der Waals surface area contributed by atoms with Crippen LogP contribution in [0.3, 0.4) is 0 Å². The number of carbonyl (C=O) groups is 1. The fourth-order valence-corrected chi connectivity index (χ4v) is 2.62. The number of carbonyl (C=O) groups excluding carboxylic acids is 1. The average Bonchev–Trinajstić information content (AvgIpc) is 3.38. The van der Waals surface area contributed by atoms with E-state index in [1.165, 1.54) is 5.56 Å². The minimum atomic E-state index is -0.0129. The van der Waals surface area contributed by atoms with Crippen LogP contribution in [0, 0.1) is 5.92 Å². The smallest absolute Gasteiger partial charge is 0.243 e. The van der Waals surface area contributed by atoms with Crippen LogP contribution in [0.4, 0.5) is 0 Å². The molecule has 2 atom stereocenters. The highest BCUT2D eigenvalue weighted by atomic mass is 16.5. The fourth-order valence-electron chi connectivity index (χ4n) is 2.62. The van der Waals surface area contributed by atoms with Crippen molar-refractivity contribution in [1.29, 1.82) is 0 Å². The Labute approximate surface area is 136 Å². The third-order valence-electron chi connectivity index (χ3n) is 3.93. The van der Waals surface area contributed by atoms with Gasteiger partial charge >= 0.3 is 0 Å². The minimum Gasteiger partial charge on any atom is -0.494 e. The molecule has 4 nitrogen and oxygen atoms in total. The average molecular weight is 308 g/mol. The maximum Gasteiger partial charge on any atom is 0.243 e. The molecule has 0 saturated heterocycles. The molecule has 0 bridgehead atoms. The van der Waals surface area contributed by atoms with Gasteiger partial charge in [-0.15, -0.1) is 0 Å². The number of benzene rings is 2. The molecule has 3 rings (SSSR count). The highest BCUT2D eigenvalue weighted by molar-refractivity contribution is 5.85. The summed E-state index contributed by atoms with van der Waals surface area (Å²) >= 11 is 0. The van der Waals surface area contributed by atoms with Crippen LogP contribution in [0.1, 0.15) is 30.4 Å². The van der Waals surface area contributed by atoms with Gasteiger partial charge in [0, 0.05) is 5.92 Å². The molecule has 0 aliphatic heterocycles. The number of ether oxygens (including phenoxy) is 1. The molecule has 1 amide bonds. The molecule has 1 aliphatic carbocycles. The SMILES string of the molecule is CCOc1ccc(/C=N/NC(=O)C2CC2c2ccccc2)cc1. The molecular formula is C19H20N2O2. The lowest BCUT2D eigenvalue weighted by molar-refractivity contribution is -0.122. The molecule has 1 saturated carbocycles. The second-order valence-electron chi connectivity index (χ2n) is 5.60. The molecular weight excluding hydrogens is 288 g/mol. The Kier molecular flexibility index (Phi) is 4.71. The van der Waals surface area contributed by atoms with Gasteiger partial charge in [-0.05, 0) is 54.7 Å². The number of nitrogens with zero attached hydrogens (tertiary/aromatic N) is 1. The summed E-state index contributed by atoms with van der Waals surface area (Å²) < 4.78 is 5.38. The molecule has 1 aliphatic rings. The Morgan fingerprint density at radius 1 is 1.22 bits per heavy atom. The predicted octanol–water partition coefficient (Wildman–Crippen LogP) is 3.34. The monoisotopic (exact) mass is 308 g/mol. The summed E-state index contributed by atoms with van der Waals surface area (Å²) in [7, 11) is 0. The number of hydrogen-bond acceptors (Lipinski definition) is 3. The van der Waals surface area contributed by atoms with Crippen LogP contribution in [-0.4, -0.2) is 18.7 Å². The Morgan fingerprint density at radius 3 is 2.65 bits per heavy atom. The first kappa shape index (κ1) is 15.3. The van der Waals surface area contributed by atoms with Gasteiger partial charge in [0.15, 0.2) is 0 Å². The first-order chi connectivity index (χ1) is 11.3. The lowest BCUT2D eigenvalue weighted by Crippen LogP contribution is -2.20. The summed E-state index contributed by atoms with van der Waals surface area (Å²) in [5.41, 5.74) is 4.78. The van der Waals surface area contributed by atoms with Gasteiger partial charge in [0.1, 0.15) is 5.75 Å². The Bertz CT molecular complexity index is 680. The summed E-state index contributed by atoms with van der Waals surface area (Å²) in [4.78, 5) is 12.1. The quantitative estimate of drug-likeness (QED) is 0.657. The van der Waals surface area contributed by atoms with Crippen molar-refractivity contribution >= 4 is 12.1 Å². The highest BCUT2D eigenvalue weighted by Gasteiger charge is 2.43. The van der Waals surface area contributed by atoms with E-state index in [0.29, 0.717) is 12.5 Å². The number of nitrogens with one attached hydrogen (secondary N) is 1. The third kappa shape index (κ3) is 3.97. The molecule has 0 radical (unpaired) electrons. The van der Waals surface area contributed by atoms with Gasteiger partial charge in [-0.1, -0.05) is 30.3 Å². The van der Waals surface area contributed by atoms with Gasteiger partial charge in [0.05, 0.1) is 12.8 Å². The van der Waals surface area contributed by atoms with E-state index in [9.17, 15) is 4.79 Å². The van der Waals surface area contributed by atoms with Crippen LogP contribution < -0.4 is 10.2 Å². The summed E-state index contributed by atoms with van der Waals surface area (Å²) in [6, 6.07) is 17.7. The van der Waals surface area contributed by atoms with Crippen LogP contribution >= 0.6 is 0 Å². The van der Waals surface area contributed by atoms with Crippen molar-refractivity contribution in [3.63, 3.8) is 0 Å². The van der Waals surface area contributed by atoms with E-state index >= 15 is 0 Å². The molecule has 1 N–H and O–H groups in total. The van der Waals surface area contributed by atoms with Crippen LogP contribution in [0.5, 0.6) is 5.75 Å². The van der Waals surface area contributed by atoms with E-state index in [1.807, 2.05) is 49.4 Å². The Balaban J connectivity index is 1.49. The number of amides is 1. The van der Waals surface area contributed by atoms with E-state index in [1.54, 1.807) is 6.21 Å². The lowest BCUT2D eigenvalue weighted by Gasteiger charge is -2.02. The first-order valence-electron chi connectivity index (χ1n) is 7.88. The number of hydrogen-bond donors (Lipinski definition) is 1. The second-order valence-corrected chi connectivity index (χ2v) is 5.60. The largest absolute Gasteiger partial charge is 0.494 e. The van der Waals surface area contributed by atoms with Gasteiger partial charge < -0.3 is 4.74 Å². The van der Waals surface area contributed by atoms with Crippen molar-refractivity contribution in [3.05, 3.63) is 65.7 Å².